The normalized spacial score (nSPS) is 12.4. The fourth-order valence-electron chi connectivity index (χ4n) is 3.15. The van der Waals surface area contributed by atoms with E-state index in [1.807, 2.05) is 0 Å². The van der Waals surface area contributed by atoms with Crippen LogP contribution in [0, 0.1) is 5.82 Å². The standard InChI is InChI=1S/C23H24FN3O5S/c1-16(18-5-7-19(24)8-6-18)25-23(29)15-27(14-21-4-3-13-32-21)33(30,31)22-11-9-20(10-12-22)26-17(2)28/h3-13,16H,14-15H2,1-2H3,(H,25,29)(H,26,28). The fourth-order valence-corrected chi connectivity index (χ4v) is 4.51. The Morgan fingerprint density at radius 1 is 1.06 bits per heavy atom. The molecule has 0 bridgehead atoms. The van der Waals surface area contributed by atoms with Crippen LogP contribution in [0.1, 0.15) is 31.2 Å². The highest BCUT2D eigenvalue weighted by molar-refractivity contribution is 7.89. The lowest BCUT2D eigenvalue weighted by Crippen LogP contribution is -2.41. The summed E-state index contributed by atoms with van der Waals surface area (Å²) in [4.78, 5) is 23.9. The van der Waals surface area contributed by atoms with Crippen molar-refractivity contribution in [1.82, 2.24) is 9.62 Å². The average Bonchev–Trinajstić information content (AvgIpc) is 3.27. The Bertz CT molecular complexity index is 1190. The van der Waals surface area contributed by atoms with E-state index in [1.54, 1.807) is 31.2 Å². The molecule has 1 unspecified atom stereocenters. The second-order valence-electron chi connectivity index (χ2n) is 7.40. The monoisotopic (exact) mass is 473 g/mol. The van der Waals surface area contributed by atoms with Crippen LogP contribution in [0.25, 0.3) is 0 Å². The van der Waals surface area contributed by atoms with E-state index in [2.05, 4.69) is 10.6 Å². The number of hydrogen-bond donors (Lipinski definition) is 2. The van der Waals surface area contributed by atoms with Gasteiger partial charge in [-0.3, -0.25) is 9.59 Å². The molecule has 3 aromatic rings. The molecule has 1 aromatic heterocycles. The molecule has 0 fully saturated rings. The molecule has 0 aliphatic heterocycles. The Morgan fingerprint density at radius 3 is 2.30 bits per heavy atom. The molecule has 33 heavy (non-hydrogen) atoms. The summed E-state index contributed by atoms with van der Waals surface area (Å²) in [6, 6.07) is 14.1. The van der Waals surface area contributed by atoms with Crippen LogP contribution < -0.4 is 10.6 Å². The number of hydrogen-bond acceptors (Lipinski definition) is 5. The third-order valence-corrected chi connectivity index (χ3v) is 6.60. The van der Waals surface area contributed by atoms with Crippen LogP contribution in [0.15, 0.2) is 76.2 Å². The minimum absolute atomic E-state index is 0.0393. The number of sulfonamides is 1. The van der Waals surface area contributed by atoms with Crippen LogP contribution in [-0.2, 0) is 26.2 Å². The number of nitrogens with one attached hydrogen (secondary N) is 2. The quantitative estimate of drug-likeness (QED) is 0.495. The van der Waals surface area contributed by atoms with Crippen LogP contribution in [0.3, 0.4) is 0 Å². The molecule has 0 radical (unpaired) electrons. The third kappa shape index (κ3) is 6.50. The second kappa shape index (κ2) is 10.4. The first-order chi connectivity index (χ1) is 15.6. The van der Waals surface area contributed by atoms with Gasteiger partial charge in [0.05, 0.1) is 30.3 Å². The molecule has 2 amide bonds. The van der Waals surface area contributed by atoms with Crippen LogP contribution in [0.2, 0.25) is 0 Å². The molecular formula is C23H24FN3O5S. The molecular weight excluding hydrogens is 449 g/mol. The number of carbonyl (C=O) groups is 2. The van der Waals surface area contributed by atoms with Gasteiger partial charge in [-0.25, -0.2) is 12.8 Å². The van der Waals surface area contributed by atoms with Crippen molar-refractivity contribution in [2.75, 3.05) is 11.9 Å². The number of furan rings is 1. The SMILES string of the molecule is CC(=O)Nc1ccc(S(=O)(=O)N(CC(=O)NC(C)c2ccc(F)cc2)Cc2ccco2)cc1. The van der Waals surface area contributed by atoms with Crippen molar-refractivity contribution in [3.8, 4) is 0 Å². The lowest BCUT2D eigenvalue weighted by molar-refractivity contribution is -0.122. The molecule has 0 aliphatic rings. The number of anilines is 1. The van der Waals surface area contributed by atoms with Crippen molar-refractivity contribution in [2.45, 2.75) is 31.3 Å². The molecule has 0 spiro atoms. The van der Waals surface area contributed by atoms with Crippen molar-refractivity contribution in [3.63, 3.8) is 0 Å². The fraction of sp³-hybridized carbons (Fsp3) is 0.217. The molecule has 2 aromatic carbocycles. The van der Waals surface area contributed by atoms with Gasteiger partial charge >= 0.3 is 0 Å². The van der Waals surface area contributed by atoms with Crippen LogP contribution in [-0.4, -0.2) is 31.1 Å². The zero-order chi connectivity index (χ0) is 24.0. The zero-order valence-corrected chi connectivity index (χ0v) is 18.9. The molecule has 0 saturated carbocycles. The zero-order valence-electron chi connectivity index (χ0n) is 18.1. The van der Waals surface area contributed by atoms with E-state index in [0.29, 0.717) is 17.0 Å². The largest absolute Gasteiger partial charge is 0.468 e. The number of rotatable bonds is 9. The molecule has 1 atom stereocenters. The van der Waals surface area contributed by atoms with E-state index in [4.69, 9.17) is 4.42 Å². The van der Waals surface area contributed by atoms with Gasteiger partial charge in [0.2, 0.25) is 21.8 Å². The molecule has 2 N–H and O–H groups in total. The Hall–Kier alpha value is -3.50. The average molecular weight is 474 g/mol. The highest BCUT2D eigenvalue weighted by Crippen LogP contribution is 2.21. The van der Waals surface area contributed by atoms with Gasteiger partial charge in [-0.2, -0.15) is 4.31 Å². The van der Waals surface area contributed by atoms with Gasteiger partial charge in [0, 0.05) is 12.6 Å². The van der Waals surface area contributed by atoms with Crippen LogP contribution in [0.4, 0.5) is 10.1 Å². The number of amides is 2. The van der Waals surface area contributed by atoms with Gasteiger partial charge in [0.25, 0.3) is 0 Å². The maximum absolute atomic E-state index is 13.3. The molecule has 1 heterocycles. The lowest BCUT2D eigenvalue weighted by atomic mass is 10.1. The summed E-state index contributed by atoms with van der Waals surface area (Å²) in [7, 11) is -4.07. The van der Waals surface area contributed by atoms with Gasteiger partial charge in [-0.1, -0.05) is 12.1 Å². The van der Waals surface area contributed by atoms with E-state index in [0.717, 1.165) is 4.31 Å². The Balaban J connectivity index is 1.79. The van der Waals surface area contributed by atoms with E-state index in [1.165, 1.54) is 49.6 Å². The Kier molecular flexibility index (Phi) is 7.62. The molecule has 0 aliphatic carbocycles. The van der Waals surface area contributed by atoms with Crippen molar-refractivity contribution in [3.05, 3.63) is 84.1 Å². The van der Waals surface area contributed by atoms with Crippen LogP contribution in [0.5, 0.6) is 0 Å². The maximum Gasteiger partial charge on any atom is 0.243 e. The minimum Gasteiger partial charge on any atom is -0.468 e. The summed E-state index contributed by atoms with van der Waals surface area (Å²) < 4.78 is 46.0. The highest BCUT2D eigenvalue weighted by atomic mass is 32.2. The van der Waals surface area contributed by atoms with Crippen LogP contribution >= 0.6 is 0 Å². The molecule has 3 rings (SSSR count). The van der Waals surface area contributed by atoms with Crippen molar-refractivity contribution < 1.29 is 26.8 Å². The lowest BCUT2D eigenvalue weighted by Gasteiger charge is -2.22. The number of halogens is 1. The number of carbonyl (C=O) groups excluding carboxylic acids is 2. The first kappa shape index (κ1) is 24.1. The smallest absolute Gasteiger partial charge is 0.243 e. The van der Waals surface area contributed by atoms with Crippen molar-refractivity contribution in [2.24, 2.45) is 0 Å². The molecule has 10 heteroatoms. The molecule has 8 nitrogen and oxygen atoms in total. The Morgan fingerprint density at radius 2 is 1.73 bits per heavy atom. The summed E-state index contributed by atoms with van der Waals surface area (Å²) >= 11 is 0. The summed E-state index contributed by atoms with van der Waals surface area (Å²) in [5.74, 6) is -0.834. The van der Waals surface area contributed by atoms with Gasteiger partial charge in [-0.05, 0) is 61.0 Å². The van der Waals surface area contributed by atoms with E-state index in [-0.39, 0.29) is 17.3 Å². The predicted molar refractivity (Wildman–Crippen MR) is 120 cm³/mol. The number of nitrogens with zero attached hydrogens (tertiary/aromatic N) is 1. The van der Waals surface area contributed by atoms with Gasteiger partial charge in [0.15, 0.2) is 0 Å². The minimum atomic E-state index is -4.07. The predicted octanol–water partition coefficient (Wildman–Crippen LogP) is 3.45. The highest BCUT2D eigenvalue weighted by Gasteiger charge is 2.28. The summed E-state index contributed by atoms with van der Waals surface area (Å²) in [5.41, 5.74) is 1.13. The van der Waals surface area contributed by atoms with E-state index < -0.39 is 34.3 Å². The summed E-state index contributed by atoms with van der Waals surface area (Å²) in [6.45, 7) is 2.46. The molecule has 0 saturated heterocycles. The third-order valence-electron chi connectivity index (χ3n) is 4.79. The van der Waals surface area contributed by atoms with Gasteiger partial charge in [-0.15, -0.1) is 0 Å². The van der Waals surface area contributed by atoms with Crippen molar-refractivity contribution in [1.29, 1.82) is 0 Å². The van der Waals surface area contributed by atoms with Gasteiger partial charge in [0.1, 0.15) is 11.6 Å². The summed E-state index contributed by atoms with van der Waals surface area (Å²) in [5, 5.41) is 5.31. The molecule has 174 valence electrons. The maximum atomic E-state index is 13.3. The first-order valence-corrected chi connectivity index (χ1v) is 11.5. The van der Waals surface area contributed by atoms with Crippen molar-refractivity contribution >= 4 is 27.5 Å². The summed E-state index contributed by atoms with van der Waals surface area (Å²) in [6.07, 6.45) is 1.42. The Labute approximate surface area is 191 Å². The second-order valence-corrected chi connectivity index (χ2v) is 9.34. The topological polar surface area (TPSA) is 109 Å². The van der Waals surface area contributed by atoms with E-state index in [9.17, 15) is 22.4 Å². The van der Waals surface area contributed by atoms with Gasteiger partial charge < -0.3 is 15.1 Å². The number of benzene rings is 2. The van der Waals surface area contributed by atoms with E-state index >= 15 is 0 Å². The first-order valence-electron chi connectivity index (χ1n) is 10.1.